The summed E-state index contributed by atoms with van der Waals surface area (Å²) >= 11 is 0. The molecule has 0 spiro atoms. The Hall–Kier alpha value is -1.67. The Morgan fingerprint density at radius 1 is 1.00 bits per heavy atom. The number of rotatable bonds is 2. The molecule has 0 radical (unpaired) electrons. The SMILES string of the molecule is CC1CN(C(=O)NC(=O)C2C(C(=O)O)[C@@H]3CC[C@H]2O3)CC(C)O1. The van der Waals surface area contributed by atoms with Gasteiger partial charge in [0.1, 0.15) is 0 Å². The second kappa shape index (κ2) is 6.09. The average molecular weight is 326 g/mol. The number of carboxylic acid groups (broad SMARTS) is 1. The first-order chi connectivity index (χ1) is 10.9. The minimum Gasteiger partial charge on any atom is -0.481 e. The van der Waals surface area contributed by atoms with Gasteiger partial charge in [0.15, 0.2) is 0 Å². The number of hydrogen-bond acceptors (Lipinski definition) is 5. The van der Waals surface area contributed by atoms with Gasteiger partial charge in [0, 0.05) is 13.1 Å². The topological polar surface area (TPSA) is 105 Å². The molecule has 2 N–H and O–H groups in total. The summed E-state index contributed by atoms with van der Waals surface area (Å²) in [5, 5.41) is 11.7. The number of imide groups is 1. The van der Waals surface area contributed by atoms with Gasteiger partial charge in [-0.15, -0.1) is 0 Å². The van der Waals surface area contributed by atoms with Crippen LogP contribution in [0.3, 0.4) is 0 Å². The first-order valence-electron chi connectivity index (χ1n) is 8.00. The maximum absolute atomic E-state index is 12.4. The Morgan fingerprint density at radius 3 is 2.13 bits per heavy atom. The van der Waals surface area contributed by atoms with Gasteiger partial charge in [0.05, 0.1) is 36.3 Å². The second-order valence-corrected chi connectivity index (χ2v) is 6.64. The number of aliphatic carboxylic acids is 1. The molecule has 0 aromatic heterocycles. The van der Waals surface area contributed by atoms with E-state index in [0.29, 0.717) is 25.9 Å². The molecule has 3 fully saturated rings. The van der Waals surface area contributed by atoms with Crippen molar-refractivity contribution in [2.45, 2.75) is 51.1 Å². The van der Waals surface area contributed by atoms with E-state index in [1.54, 1.807) is 0 Å². The standard InChI is InChI=1S/C15H22N2O6/c1-7-5-17(6-8(2)22-7)15(21)16-13(18)11-9-3-4-10(23-9)12(11)14(19)20/h7-12H,3-6H2,1-2H3,(H,19,20)(H,16,18,21)/t7?,8?,9-,10+,11?,12?/m1/s1. The molecule has 3 amide bonds. The lowest BCUT2D eigenvalue weighted by molar-refractivity contribution is -0.147. The number of morpholine rings is 1. The van der Waals surface area contributed by atoms with Crippen LogP contribution in [-0.2, 0) is 19.1 Å². The van der Waals surface area contributed by atoms with Crippen LogP contribution in [0.4, 0.5) is 4.79 Å². The first-order valence-corrected chi connectivity index (χ1v) is 8.00. The number of carboxylic acids is 1. The maximum Gasteiger partial charge on any atom is 0.324 e. The molecule has 3 saturated heterocycles. The molecule has 23 heavy (non-hydrogen) atoms. The van der Waals surface area contributed by atoms with E-state index in [2.05, 4.69) is 5.32 Å². The van der Waals surface area contributed by atoms with Crippen LogP contribution in [-0.4, -0.2) is 65.4 Å². The van der Waals surface area contributed by atoms with E-state index in [1.165, 1.54) is 4.90 Å². The lowest BCUT2D eigenvalue weighted by Crippen LogP contribution is -2.55. The van der Waals surface area contributed by atoms with E-state index in [9.17, 15) is 19.5 Å². The molecule has 3 aliphatic rings. The Balaban J connectivity index is 1.64. The van der Waals surface area contributed by atoms with Gasteiger partial charge in [0.25, 0.3) is 0 Å². The van der Waals surface area contributed by atoms with Crippen LogP contribution < -0.4 is 5.32 Å². The zero-order valence-electron chi connectivity index (χ0n) is 13.2. The normalized spacial score (nSPS) is 39.3. The molecule has 0 aromatic carbocycles. The fourth-order valence-corrected chi connectivity index (χ4v) is 3.94. The van der Waals surface area contributed by atoms with Crippen molar-refractivity contribution in [1.29, 1.82) is 0 Å². The smallest absolute Gasteiger partial charge is 0.324 e. The van der Waals surface area contributed by atoms with Gasteiger partial charge in [-0.05, 0) is 26.7 Å². The number of fused-ring (bicyclic) bond motifs is 2. The summed E-state index contributed by atoms with van der Waals surface area (Å²) in [4.78, 5) is 37.7. The van der Waals surface area contributed by atoms with Crippen molar-refractivity contribution in [2.24, 2.45) is 11.8 Å². The van der Waals surface area contributed by atoms with Crippen LogP contribution >= 0.6 is 0 Å². The molecule has 8 nitrogen and oxygen atoms in total. The highest BCUT2D eigenvalue weighted by atomic mass is 16.5. The van der Waals surface area contributed by atoms with E-state index < -0.39 is 42.0 Å². The molecule has 8 heteroatoms. The molecule has 128 valence electrons. The third-order valence-corrected chi connectivity index (χ3v) is 4.80. The highest BCUT2D eigenvalue weighted by molar-refractivity contribution is 5.98. The molecule has 0 aromatic rings. The van der Waals surface area contributed by atoms with Gasteiger partial charge in [-0.3, -0.25) is 14.9 Å². The number of amides is 3. The summed E-state index contributed by atoms with van der Waals surface area (Å²) in [6.07, 6.45) is 0.280. The zero-order chi connectivity index (χ0) is 16.7. The lowest BCUT2D eigenvalue weighted by Gasteiger charge is -2.35. The first kappa shape index (κ1) is 16.2. The van der Waals surface area contributed by atoms with Gasteiger partial charge in [-0.1, -0.05) is 0 Å². The number of nitrogens with one attached hydrogen (secondary N) is 1. The van der Waals surface area contributed by atoms with Crippen LogP contribution in [0, 0.1) is 11.8 Å². The molecule has 0 aliphatic carbocycles. The van der Waals surface area contributed by atoms with Crippen LogP contribution in [0.5, 0.6) is 0 Å². The van der Waals surface area contributed by atoms with Gasteiger partial charge in [-0.2, -0.15) is 0 Å². The fourth-order valence-electron chi connectivity index (χ4n) is 3.94. The van der Waals surface area contributed by atoms with Crippen LogP contribution in [0.15, 0.2) is 0 Å². The number of ether oxygens (including phenoxy) is 2. The van der Waals surface area contributed by atoms with E-state index in [1.807, 2.05) is 13.8 Å². The maximum atomic E-state index is 12.4. The van der Waals surface area contributed by atoms with Crippen molar-refractivity contribution in [1.82, 2.24) is 10.2 Å². The van der Waals surface area contributed by atoms with Crippen LogP contribution in [0.1, 0.15) is 26.7 Å². The number of urea groups is 1. The van der Waals surface area contributed by atoms with Crippen LogP contribution in [0.25, 0.3) is 0 Å². The Kier molecular flexibility index (Phi) is 4.29. The highest BCUT2D eigenvalue weighted by Gasteiger charge is 2.55. The van der Waals surface area contributed by atoms with Crippen molar-refractivity contribution in [3.8, 4) is 0 Å². The van der Waals surface area contributed by atoms with Crippen molar-refractivity contribution in [3.05, 3.63) is 0 Å². The Morgan fingerprint density at radius 2 is 1.57 bits per heavy atom. The fraction of sp³-hybridized carbons (Fsp3) is 0.800. The van der Waals surface area contributed by atoms with Gasteiger partial charge < -0.3 is 19.5 Å². The van der Waals surface area contributed by atoms with Gasteiger partial charge in [-0.25, -0.2) is 4.79 Å². The Bertz CT molecular complexity index is 514. The zero-order valence-corrected chi connectivity index (χ0v) is 13.2. The molecule has 4 unspecified atom stereocenters. The minimum absolute atomic E-state index is 0.0998. The quantitative estimate of drug-likeness (QED) is 0.751. The third-order valence-electron chi connectivity index (χ3n) is 4.80. The molecule has 3 aliphatic heterocycles. The molecule has 2 bridgehead atoms. The van der Waals surface area contributed by atoms with E-state index in [0.717, 1.165) is 0 Å². The summed E-state index contributed by atoms with van der Waals surface area (Å²) in [6, 6.07) is -0.496. The predicted molar refractivity (Wildman–Crippen MR) is 77.6 cm³/mol. The average Bonchev–Trinajstić information content (AvgIpc) is 3.06. The van der Waals surface area contributed by atoms with Crippen molar-refractivity contribution < 1.29 is 29.0 Å². The summed E-state index contributed by atoms with van der Waals surface area (Å²) < 4.78 is 11.1. The number of carbonyl (C=O) groups excluding carboxylic acids is 2. The van der Waals surface area contributed by atoms with Gasteiger partial charge >= 0.3 is 12.0 Å². The third kappa shape index (κ3) is 3.05. The largest absolute Gasteiger partial charge is 0.481 e. The number of nitrogens with zero attached hydrogens (tertiary/aromatic N) is 1. The highest BCUT2D eigenvalue weighted by Crippen LogP contribution is 2.43. The summed E-state index contributed by atoms with van der Waals surface area (Å²) in [5.41, 5.74) is 0. The van der Waals surface area contributed by atoms with Crippen molar-refractivity contribution in [2.75, 3.05) is 13.1 Å². The second-order valence-electron chi connectivity index (χ2n) is 6.64. The molecule has 6 atom stereocenters. The van der Waals surface area contributed by atoms with Crippen molar-refractivity contribution in [3.63, 3.8) is 0 Å². The van der Waals surface area contributed by atoms with Crippen LogP contribution in [0.2, 0.25) is 0 Å². The summed E-state index contributed by atoms with van der Waals surface area (Å²) in [7, 11) is 0. The molecular formula is C15H22N2O6. The van der Waals surface area contributed by atoms with Gasteiger partial charge in [0.2, 0.25) is 5.91 Å². The monoisotopic (exact) mass is 326 g/mol. The van der Waals surface area contributed by atoms with E-state index in [4.69, 9.17) is 9.47 Å². The molecule has 0 saturated carbocycles. The summed E-state index contributed by atoms with van der Waals surface area (Å²) in [6.45, 7) is 4.53. The molecule has 3 heterocycles. The van der Waals surface area contributed by atoms with E-state index in [-0.39, 0.29) is 12.2 Å². The van der Waals surface area contributed by atoms with E-state index >= 15 is 0 Å². The number of carbonyl (C=O) groups is 3. The molecule has 3 rings (SSSR count). The minimum atomic E-state index is -1.04. The van der Waals surface area contributed by atoms with Crippen molar-refractivity contribution >= 4 is 17.9 Å². The summed E-state index contributed by atoms with van der Waals surface area (Å²) in [5.74, 6) is -3.27. The molecular weight excluding hydrogens is 304 g/mol. The lowest BCUT2D eigenvalue weighted by atomic mass is 9.79. The number of hydrogen-bond donors (Lipinski definition) is 2. The Labute approximate surface area is 134 Å². The predicted octanol–water partition coefficient (Wildman–Crippen LogP) is 0.210.